The Morgan fingerprint density at radius 1 is 0.917 bits per heavy atom. The summed E-state index contributed by atoms with van der Waals surface area (Å²) in [5.74, 6) is -0.229. The predicted octanol–water partition coefficient (Wildman–Crippen LogP) is 6.42. The zero-order valence-corrected chi connectivity index (χ0v) is 14.9. The Morgan fingerprint density at radius 3 is 2.21 bits per heavy atom. The molecule has 0 bridgehead atoms. The van der Waals surface area contributed by atoms with Gasteiger partial charge in [-0.1, -0.05) is 51.1 Å². The van der Waals surface area contributed by atoms with E-state index in [1.165, 1.54) is 17.7 Å². The summed E-state index contributed by atoms with van der Waals surface area (Å²) in [5, 5.41) is 2.93. The van der Waals surface area contributed by atoms with Gasteiger partial charge in [0.25, 0.3) is 0 Å². The summed E-state index contributed by atoms with van der Waals surface area (Å²) in [6.45, 7) is 6.64. The molecule has 0 amide bonds. The normalized spacial score (nSPS) is 12.0. The van der Waals surface area contributed by atoms with Crippen molar-refractivity contribution in [2.45, 2.75) is 26.2 Å². The van der Waals surface area contributed by atoms with E-state index in [2.05, 4.69) is 56.1 Å². The van der Waals surface area contributed by atoms with Crippen molar-refractivity contribution in [1.82, 2.24) is 4.98 Å². The zero-order chi connectivity index (χ0) is 17.2. The first-order valence-electron chi connectivity index (χ1n) is 7.92. The van der Waals surface area contributed by atoms with E-state index in [4.69, 9.17) is 0 Å². The Labute approximate surface area is 146 Å². The molecule has 0 aliphatic rings. The third kappa shape index (κ3) is 3.98. The van der Waals surface area contributed by atoms with Crippen LogP contribution in [0.25, 0.3) is 23.4 Å². The van der Waals surface area contributed by atoms with Gasteiger partial charge >= 0.3 is 0 Å². The Kier molecular flexibility index (Phi) is 4.63. The van der Waals surface area contributed by atoms with Crippen LogP contribution in [-0.4, -0.2) is 4.98 Å². The first-order chi connectivity index (χ1) is 11.4. The molecule has 2 aromatic carbocycles. The van der Waals surface area contributed by atoms with Crippen LogP contribution in [0.2, 0.25) is 0 Å². The number of rotatable bonds is 3. The van der Waals surface area contributed by atoms with Gasteiger partial charge in [-0.2, -0.15) is 0 Å². The van der Waals surface area contributed by atoms with Gasteiger partial charge in [-0.25, -0.2) is 9.37 Å². The molecule has 24 heavy (non-hydrogen) atoms. The molecular weight excluding hydrogens is 317 g/mol. The quantitative estimate of drug-likeness (QED) is 0.537. The third-order valence-corrected chi connectivity index (χ3v) is 4.67. The van der Waals surface area contributed by atoms with Crippen molar-refractivity contribution in [1.29, 1.82) is 0 Å². The van der Waals surface area contributed by atoms with E-state index >= 15 is 0 Å². The van der Waals surface area contributed by atoms with E-state index in [0.29, 0.717) is 0 Å². The van der Waals surface area contributed by atoms with Crippen molar-refractivity contribution in [2.24, 2.45) is 0 Å². The van der Waals surface area contributed by atoms with Crippen LogP contribution in [-0.2, 0) is 5.41 Å². The molecule has 3 aromatic rings. The summed E-state index contributed by atoms with van der Waals surface area (Å²) in [5.41, 5.74) is 4.46. The molecule has 1 aromatic heterocycles. The molecule has 0 aliphatic heterocycles. The fourth-order valence-electron chi connectivity index (χ4n) is 2.38. The molecule has 0 N–H and O–H groups in total. The number of nitrogens with zero attached hydrogens (tertiary/aromatic N) is 1. The van der Waals surface area contributed by atoms with Crippen molar-refractivity contribution < 1.29 is 4.39 Å². The fourth-order valence-corrected chi connectivity index (χ4v) is 3.10. The molecule has 3 heteroatoms. The van der Waals surface area contributed by atoms with Crippen molar-refractivity contribution >= 4 is 23.5 Å². The van der Waals surface area contributed by atoms with Gasteiger partial charge in [-0.3, -0.25) is 0 Å². The maximum absolute atomic E-state index is 13.0. The minimum absolute atomic E-state index is 0.168. The Bertz CT molecular complexity index is 837. The minimum atomic E-state index is -0.229. The average molecular weight is 337 g/mol. The number of thiazole rings is 1. The van der Waals surface area contributed by atoms with Crippen LogP contribution in [0.15, 0.2) is 53.9 Å². The minimum Gasteiger partial charge on any atom is -0.237 e. The van der Waals surface area contributed by atoms with Gasteiger partial charge in [0.15, 0.2) is 0 Å². The van der Waals surface area contributed by atoms with Crippen molar-refractivity contribution in [3.05, 3.63) is 75.9 Å². The van der Waals surface area contributed by atoms with Crippen LogP contribution in [0, 0.1) is 5.82 Å². The van der Waals surface area contributed by atoms with Gasteiger partial charge < -0.3 is 0 Å². The molecular formula is C21H20FNS. The van der Waals surface area contributed by atoms with E-state index in [9.17, 15) is 4.39 Å². The molecule has 0 unspecified atom stereocenters. The summed E-state index contributed by atoms with van der Waals surface area (Å²) < 4.78 is 13.0. The van der Waals surface area contributed by atoms with Crippen molar-refractivity contribution in [3.63, 3.8) is 0 Å². The smallest absolute Gasteiger partial charge is 0.123 e. The highest BCUT2D eigenvalue weighted by Crippen LogP contribution is 2.25. The molecule has 0 spiro atoms. The van der Waals surface area contributed by atoms with Crippen LogP contribution in [0.1, 0.15) is 36.9 Å². The second-order valence-corrected chi connectivity index (χ2v) is 7.67. The van der Waals surface area contributed by atoms with Crippen LogP contribution in [0.5, 0.6) is 0 Å². The maximum Gasteiger partial charge on any atom is 0.123 e. The molecule has 0 fully saturated rings. The van der Waals surface area contributed by atoms with E-state index in [1.807, 2.05) is 11.5 Å². The van der Waals surface area contributed by atoms with Crippen LogP contribution >= 0.6 is 11.3 Å². The number of aromatic nitrogens is 1. The molecule has 3 rings (SSSR count). The number of halogens is 1. The first-order valence-corrected chi connectivity index (χ1v) is 8.80. The van der Waals surface area contributed by atoms with Crippen LogP contribution in [0.4, 0.5) is 4.39 Å². The van der Waals surface area contributed by atoms with E-state index in [0.717, 1.165) is 21.8 Å². The predicted molar refractivity (Wildman–Crippen MR) is 102 cm³/mol. The summed E-state index contributed by atoms with van der Waals surface area (Å²) in [6, 6.07) is 15.0. The molecule has 0 radical (unpaired) electrons. The lowest BCUT2D eigenvalue weighted by molar-refractivity contribution is 0.590. The Morgan fingerprint density at radius 2 is 1.58 bits per heavy atom. The first kappa shape index (κ1) is 16.6. The van der Waals surface area contributed by atoms with Crippen molar-refractivity contribution in [3.8, 4) is 11.3 Å². The van der Waals surface area contributed by atoms with Crippen molar-refractivity contribution in [2.75, 3.05) is 0 Å². The summed E-state index contributed by atoms with van der Waals surface area (Å²) in [4.78, 5) is 4.59. The molecule has 1 heterocycles. The Balaban J connectivity index is 1.74. The van der Waals surface area contributed by atoms with Gasteiger partial charge in [0.05, 0.1) is 5.69 Å². The van der Waals surface area contributed by atoms with Crippen LogP contribution < -0.4 is 0 Å². The summed E-state index contributed by atoms with van der Waals surface area (Å²) in [7, 11) is 0. The summed E-state index contributed by atoms with van der Waals surface area (Å²) in [6.07, 6.45) is 4.09. The molecule has 0 aliphatic carbocycles. The van der Waals surface area contributed by atoms with E-state index < -0.39 is 0 Å². The lowest BCUT2D eigenvalue weighted by Crippen LogP contribution is -2.10. The van der Waals surface area contributed by atoms with Gasteiger partial charge in [0.1, 0.15) is 10.8 Å². The van der Waals surface area contributed by atoms with E-state index in [1.54, 1.807) is 23.5 Å². The second kappa shape index (κ2) is 6.70. The van der Waals surface area contributed by atoms with Crippen LogP contribution in [0.3, 0.4) is 0 Å². The highest BCUT2D eigenvalue weighted by molar-refractivity contribution is 7.10. The lowest BCUT2D eigenvalue weighted by atomic mass is 9.87. The lowest BCUT2D eigenvalue weighted by Gasteiger charge is -2.18. The van der Waals surface area contributed by atoms with Gasteiger partial charge in [0, 0.05) is 10.9 Å². The standard InChI is InChI=1S/C21H20FNS/c1-21(2,3)17-9-4-15(5-10-17)6-13-20-23-19(14-24-20)16-7-11-18(22)12-8-16/h4-14H,1-3H3/b13-6+. The fraction of sp³-hybridized carbons (Fsp3) is 0.190. The highest BCUT2D eigenvalue weighted by atomic mass is 32.1. The number of benzene rings is 2. The summed E-state index contributed by atoms with van der Waals surface area (Å²) >= 11 is 1.58. The largest absolute Gasteiger partial charge is 0.237 e. The molecule has 122 valence electrons. The third-order valence-electron chi connectivity index (χ3n) is 3.86. The van der Waals surface area contributed by atoms with Gasteiger partial charge in [-0.15, -0.1) is 11.3 Å². The SMILES string of the molecule is CC(C)(C)c1ccc(/C=C/c2nc(-c3ccc(F)cc3)cs2)cc1. The average Bonchev–Trinajstić information content (AvgIpc) is 3.02. The zero-order valence-electron chi connectivity index (χ0n) is 14.1. The van der Waals surface area contributed by atoms with Gasteiger partial charge in [-0.05, 0) is 46.9 Å². The molecule has 0 saturated heterocycles. The van der Waals surface area contributed by atoms with E-state index in [-0.39, 0.29) is 11.2 Å². The number of hydrogen-bond acceptors (Lipinski definition) is 2. The van der Waals surface area contributed by atoms with Gasteiger partial charge in [0.2, 0.25) is 0 Å². The maximum atomic E-state index is 13.0. The molecule has 0 saturated carbocycles. The number of hydrogen-bond donors (Lipinski definition) is 0. The highest BCUT2D eigenvalue weighted by Gasteiger charge is 2.12. The topological polar surface area (TPSA) is 12.9 Å². The Hall–Kier alpha value is -2.26. The second-order valence-electron chi connectivity index (χ2n) is 6.78. The molecule has 1 nitrogen and oxygen atoms in total. The monoisotopic (exact) mass is 337 g/mol. The molecule has 0 atom stereocenters.